The van der Waals surface area contributed by atoms with Crippen molar-refractivity contribution in [3.63, 3.8) is 0 Å². The molecule has 1 aliphatic rings. The van der Waals surface area contributed by atoms with Gasteiger partial charge in [-0.3, -0.25) is 19.7 Å². The van der Waals surface area contributed by atoms with Crippen molar-refractivity contribution in [1.82, 2.24) is 20.2 Å². The van der Waals surface area contributed by atoms with Crippen LogP contribution in [0.2, 0.25) is 0 Å². The number of carbonyl (C=O) groups excluding carboxylic acids is 1. The maximum Gasteiger partial charge on any atom is 0.293 e. The predicted octanol–water partition coefficient (Wildman–Crippen LogP) is 2.55. The summed E-state index contributed by atoms with van der Waals surface area (Å²) in [6.45, 7) is 12.6. The Balaban J connectivity index is 0.000000277. The highest BCUT2D eigenvalue weighted by Crippen LogP contribution is 2.22. The van der Waals surface area contributed by atoms with Crippen LogP contribution in [-0.4, -0.2) is 53.1 Å². The number of benzene rings is 1. The Labute approximate surface area is 149 Å². The summed E-state index contributed by atoms with van der Waals surface area (Å²) >= 11 is 0. The van der Waals surface area contributed by atoms with E-state index in [1.165, 1.54) is 5.56 Å². The van der Waals surface area contributed by atoms with Crippen LogP contribution in [-0.2, 0) is 9.53 Å². The third-order valence-electron chi connectivity index (χ3n) is 4.08. The second-order valence-electron chi connectivity index (χ2n) is 7.09. The van der Waals surface area contributed by atoms with Gasteiger partial charge in [0.25, 0.3) is 6.47 Å². The molecule has 1 N–H and O–H groups in total. The molecule has 0 radical (unpaired) electrons. The zero-order valence-electron chi connectivity index (χ0n) is 15.5. The molecule has 0 saturated carbocycles. The van der Waals surface area contributed by atoms with Gasteiger partial charge in [0, 0.05) is 44.6 Å². The average molecular weight is 344 g/mol. The molecule has 1 aromatic heterocycles. The first kappa shape index (κ1) is 19.3. The van der Waals surface area contributed by atoms with Gasteiger partial charge in [-0.05, 0) is 45.4 Å². The zero-order valence-corrected chi connectivity index (χ0v) is 15.5. The number of nitrogens with one attached hydrogen (secondary N) is 1. The maximum atomic E-state index is 9.60. The monoisotopic (exact) mass is 344 g/mol. The number of hydrogen-bond acceptors (Lipinski definition) is 6. The second kappa shape index (κ2) is 8.87. The first-order valence-electron chi connectivity index (χ1n) is 8.67. The Morgan fingerprint density at radius 2 is 1.80 bits per heavy atom. The third kappa shape index (κ3) is 6.07. The highest BCUT2D eigenvalue weighted by molar-refractivity contribution is 5.74. The molecule has 1 fully saturated rings. The van der Waals surface area contributed by atoms with Crippen LogP contribution in [0.4, 0.5) is 0 Å². The molecule has 136 valence electrons. The lowest BCUT2D eigenvalue weighted by molar-refractivity contribution is -0.138. The average Bonchev–Trinajstić information content (AvgIpc) is 2.61. The topological polar surface area (TPSA) is 67.3 Å². The maximum absolute atomic E-state index is 9.60. The van der Waals surface area contributed by atoms with Gasteiger partial charge in [0.2, 0.25) is 0 Å². The van der Waals surface area contributed by atoms with Gasteiger partial charge in [-0.25, -0.2) is 0 Å². The summed E-state index contributed by atoms with van der Waals surface area (Å²) in [5.41, 5.74) is 2.96. The van der Waals surface area contributed by atoms with Crippen molar-refractivity contribution in [3.8, 4) is 0 Å². The van der Waals surface area contributed by atoms with E-state index in [1.54, 1.807) is 12.4 Å². The van der Waals surface area contributed by atoms with E-state index in [0.717, 1.165) is 37.2 Å². The first-order chi connectivity index (χ1) is 11.9. The highest BCUT2D eigenvalue weighted by atomic mass is 16.5. The summed E-state index contributed by atoms with van der Waals surface area (Å²) in [5, 5.41) is 3.39. The molecule has 6 nitrogen and oxygen atoms in total. The third-order valence-corrected chi connectivity index (χ3v) is 4.08. The van der Waals surface area contributed by atoms with E-state index in [0.29, 0.717) is 12.5 Å². The number of rotatable bonds is 3. The molecule has 1 atom stereocenters. The molecule has 2 aromatic rings. The fourth-order valence-electron chi connectivity index (χ4n) is 2.66. The van der Waals surface area contributed by atoms with Gasteiger partial charge in [0.05, 0.1) is 11.0 Å². The van der Waals surface area contributed by atoms with Crippen molar-refractivity contribution in [2.75, 3.05) is 26.2 Å². The van der Waals surface area contributed by atoms with Gasteiger partial charge >= 0.3 is 0 Å². The number of fused-ring (bicyclic) bond motifs is 1. The minimum absolute atomic E-state index is 0.318. The van der Waals surface area contributed by atoms with Crippen molar-refractivity contribution in [3.05, 3.63) is 36.2 Å². The van der Waals surface area contributed by atoms with Gasteiger partial charge in [-0.2, -0.15) is 0 Å². The summed E-state index contributed by atoms with van der Waals surface area (Å²) in [6.07, 6.45) is 3.49. The van der Waals surface area contributed by atoms with Crippen molar-refractivity contribution in [1.29, 1.82) is 0 Å². The molecule has 0 aliphatic carbocycles. The minimum atomic E-state index is -0.318. The summed E-state index contributed by atoms with van der Waals surface area (Å²) < 4.78 is 4.55. The Morgan fingerprint density at radius 1 is 1.16 bits per heavy atom. The van der Waals surface area contributed by atoms with Crippen LogP contribution in [0.15, 0.2) is 30.6 Å². The number of ether oxygens (including phenoxy) is 1. The van der Waals surface area contributed by atoms with Crippen molar-refractivity contribution in [2.24, 2.45) is 0 Å². The van der Waals surface area contributed by atoms with E-state index < -0.39 is 0 Å². The zero-order chi connectivity index (χ0) is 18.3. The molecular formula is C19H28N4O2. The minimum Gasteiger partial charge on any atom is -0.462 e. The molecule has 1 unspecified atom stereocenters. The van der Waals surface area contributed by atoms with Gasteiger partial charge in [0.1, 0.15) is 5.60 Å². The number of nitrogens with zero attached hydrogens (tertiary/aromatic N) is 3. The Morgan fingerprint density at radius 3 is 2.36 bits per heavy atom. The molecule has 0 amide bonds. The first-order valence-corrected chi connectivity index (χ1v) is 8.67. The fourth-order valence-corrected chi connectivity index (χ4v) is 2.66. The summed E-state index contributed by atoms with van der Waals surface area (Å²) in [4.78, 5) is 20.8. The predicted molar refractivity (Wildman–Crippen MR) is 99.3 cm³/mol. The van der Waals surface area contributed by atoms with Crippen LogP contribution in [0.25, 0.3) is 11.0 Å². The lowest BCUT2D eigenvalue weighted by Gasteiger charge is -2.33. The molecule has 3 rings (SSSR count). The standard InChI is InChI=1S/C14H18N4.C5H10O2/c1-11(18-8-6-15-7-9-18)12-2-3-13-14(10-12)17-5-4-16-13;1-5(2,3)7-4-6/h2-5,10-11,15H,6-9H2,1H3;4H,1-3H3. The van der Waals surface area contributed by atoms with E-state index in [1.807, 2.05) is 20.8 Å². The number of piperazine rings is 1. The fraction of sp³-hybridized carbons (Fsp3) is 0.526. The highest BCUT2D eigenvalue weighted by Gasteiger charge is 2.18. The summed E-state index contributed by atoms with van der Waals surface area (Å²) in [6, 6.07) is 6.84. The summed E-state index contributed by atoms with van der Waals surface area (Å²) in [5.74, 6) is 0. The normalized spacial score (nSPS) is 16.6. The largest absolute Gasteiger partial charge is 0.462 e. The number of aromatic nitrogens is 2. The van der Waals surface area contributed by atoms with Gasteiger partial charge in [-0.1, -0.05) is 6.07 Å². The second-order valence-corrected chi connectivity index (χ2v) is 7.09. The van der Waals surface area contributed by atoms with Crippen LogP contribution in [0.1, 0.15) is 39.3 Å². The quantitative estimate of drug-likeness (QED) is 0.863. The van der Waals surface area contributed by atoms with E-state index in [4.69, 9.17) is 0 Å². The molecule has 0 spiro atoms. The van der Waals surface area contributed by atoms with Crippen LogP contribution < -0.4 is 5.32 Å². The van der Waals surface area contributed by atoms with E-state index >= 15 is 0 Å². The molecule has 1 aromatic carbocycles. The van der Waals surface area contributed by atoms with Crippen LogP contribution >= 0.6 is 0 Å². The van der Waals surface area contributed by atoms with Gasteiger partial charge in [-0.15, -0.1) is 0 Å². The SMILES string of the molecule is CC(C)(C)OC=O.CC(c1ccc2nccnc2c1)N1CCNCC1. The van der Waals surface area contributed by atoms with Crippen LogP contribution in [0, 0.1) is 0 Å². The molecule has 6 heteroatoms. The lowest BCUT2D eigenvalue weighted by atomic mass is 10.1. The molecule has 1 saturated heterocycles. The lowest BCUT2D eigenvalue weighted by Crippen LogP contribution is -2.44. The van der Waals surface area contributed by atoms with Crippen molar-refractivity contribution in [2.45, 2.75) is 39.3 Å². The van der Waals surface area contributed by atoms with Crippen LogP contribution in [0.3, 0.4) is 0 Å². The Kier molecular flexibility index (Phi) is 6.84. The molecule has 25 heavy (non-hydrogen) atoms. The van der Waals surface area contributed by atoms with E-state index in [-0.39, 0.29) is 5.60 Å². The smallest absolute Gasteiger partial charge is 0.293 e. The summed E-state index contributed by atoms with van der Waals surface area (Å²) in [7, 11) is 0. The van der Waals surface area contributed by atoms with Crippen molar-refractivity contribution >= 4 is 17.5 Å². The molecule has 0 bridgehead atoms. The number of carbonyl (C=O) groups is 1. The van der Waals surface area contributed by atoms with E-state index in [2.05, 4.69) is 50.0 Å². The van der Waals surface area contributed by atoms with Crippen LogP contribution in [0.5, 0.6) is 0 Å². The van der Waals surface area contributed by atoms with Crippen molar-refractivity contribution < 1.29 is 9.53 Å². The van der Waals surface area contributed by atoms with Gasteiger partial charge in [0.15, 0.2) is 0 Å². The Bertz CT molecular complexity index is 678. The number of hydrogen-bond donors (Lipinski definition) is 1. The molecule has 1 aliphatic heterocycles. The molecule has 2 heterocycles. The Hall–Kier alpha value is -2.05. The van der Waals surface area contributed by atoms with Gasteiger partial charge < -0.3 is 10.1 Å². The van der Waals surface area contributed by atoms with E-state index in [9.17, 15) is 4.79 Å². The molecular weight excluding hydrogens is 316 g/mol.